The summed E-state index contributed by atoms with van der Waals surface area (Å²) in [5.41, 5.74) is 2.30. The maximum absolute atomic E-state index is 14.3. The Balaban J connectivity index is 1.23. The molecule has 162 valence electrons. The smallest absolute Gasteiger partial charge is 0.325 e. The van der Waals surface area contributed by atoms with E-state index in [1.54, 1.807) is 28.8 Å². The highest BCUT2D eigenvalue weighted by atomic mass is 32.2. The normalized spacial score (nSPS) is 20.5. The molecule has 8 heteroatoms. The number of fused-ring (bicyclic) bond motifs is 1. The third kappa shape index (κ3) is 3.90. The third-order valence-electron chi connectivity index (χ3n) is 6.29. The number of hydrogen-bond donors (Lipinski definition) is 1. The standard InChI is InChI=1S/C23H25FN4O2S/c24-18-6-2-1-5-17(18)22-27(13-14-31-22)21(29)15-26-11-9-16(10-12-26)28-20-8-4-3-7-19(20)25-23(28)30/h1-8,16,22H,9-15H2,(H,25,30). The van der Waals surface area contributed by atoms with Crippen LogP contribution in [-0.2, 0) is 4.79 Å². The zero-order chi connectivity index (χ0) is 21.4. The predicted octanol–water partition coefficient (Wildman–Crippen LogP) is 3.38. The fourth-order valence-corrected chi connectivity index (χ4v) is 6.01. The van der Waals surface area contributed by atoms with E-state index in [9.17, 15) is 14.0 Å². The van der Waals surface area contributed by atoms with E-state index in [-0.39, 0.29) is 28.8 Å². The number of carbonyl (C=O) groups excluding carboxylic acids is 1. The third-order valence-corrected chi connectivity index (χ3v) is 7.53. The van der Waals surface area contributed by atoms with Gasteiger partial charge >= 0.3 is 5.69 Å². The van der Waals surface area contributed by atoms with Crippen molar-refractivity contribution in [3.63, 3.8) is 0 Å². The highest BCUT2D eigenvalue weighted by molar-refractivity contribution is 7.99. The molecular formula is C23H25FN4O2S. The molecule has 0 aliphatic carbocycles. The number of thioether (sulfide) groups is 1. The van der Waals surface area contributed by atoms with E-state index in [1.165, 1.54) is 6.07 Å². The summed E-state index contributed by atoms with van der Waals surface area (Å²) in [7, 11) is 0. The van der Waals surface area contributed by atoms with Crippen molar-refractivity contribution in [1.82, 2.24) is 19.4 Å². The number of halogens is 1. The summed E-state index contributed by atoms with van der Waals surface area (Å²) in [5, 5.41) is -0.254. The molecule has 1 aromatic heterocycles. The highest BCUT2D eigenvalue weighted by Crippen LogP contribution is 2.39. The van der Waals surface area contributed by atoms with Gasteiger partial charge in [-0.25, -0.2) is 9.18 Å². The Morgan fingerprint density at radius 1 is 1.06 bits per heavy atom. The summed E-state index contributed by atoms with van der Waals surface area (Å²) in [6, 6.07) is 14.6. The Bertz CT molecular complexity index is 1150. The molecular weight excluding hydrogens is 415 g/mol. The second-order valence-corrected chi connectivity index (χ2v) is 9.34. The van der Waals surface area contributed by atoms with E-state index in [0.717, 1.165) is 42.7 Å². The number of carbonyl (C=O) groups is 1. The first kappa shape index (κ1) is 20.3. The lowest BCUT2D eigenvalue weighted by Gasteiger charge is -2.34. The summed E-state index contributed by atoms with van der Waals surface area (Å²) in [6.45, 7) is 2.49. The molecule has 2 aliphatic heterocycles. The molecule has 3 heterocycles. The van der Waals surface area contributed by atoms with E-state index < -0.39 is 0 Å². The molecule has 2 aromatic carbocycles. The average Bonchev–Trinajstić information content (AvgIpc) is 3.39. The van der Waals surface area contributed by atoms with Crippen LogP contribution in [0.2, 0.25) is 0 Å². The van der Waals surface area contributed by atoms with Crippen LogP contribution in [0, 0.1) is 5.82 Å². The monoisotopic (exact) mass is 440 g/mol. The van der Waals surface area contributed by atoms with Crippen LogP contribution in [0.15, 0.2) is 53.3 Å². The minimum atomic E-state index is -0.260. The fraction of sp³-hybridized carbons (Fsp3) is 0.391. The SMILES string of the molecule is O=C(CN1CCC(n2c(=O)[nH]c3ccccc32)CC1)N1CCSC1c1ccccc1F. The molecule has 3 aromatic rings. The van der Waals surface area contributed by atoms with Gasteiger partial charge in [0.2, 0.25) is 5.91 Å². The molecule has 2 fully saturated rings. The van der Waals surface area contributed by atoms with Crippen molar-refractivity contribution in [2.45, 2.75) is 24.3 Å². The second kappa shape index (κ2) is 8.51. The number of likely N-dealkylation sites (tertiary alicyclic amines) is 1. The van der Waals surface area contributed by atoms with Crippen LogP contribution in [0.3, 0.4) is 0 Å². The summed E-state index contributed by atoms with van der Waals surface area (Å²) in [4.78, 5) is 32.4. The first-order valence-electron chi connectivity index (χ1n) is 10.7. The lowest BCUT2D eigenvalue weighted by Crippen LogP contribution is -2.44. The van der Waals surface area contributed by atoms with Gasteiger partial charge < -0.3 is 9.88 Å². The number of amides is 1. The molecule has 0 bridgehead atoms. The van der Waals surface area contributed by atoms with E-state index in [4.69, 9.17) is 0 Å². The Hall–Kier alpha value is -2.58. The number of aromatic amines is 1. The number of nitrogens with one attached hydrogen (secondary N) is 1. The molecule has 1 amide bonds. The predicted molar refractivity (Wildman–Crippen MR) is 121 cm³/mol. The van der Waals surface area contributed by atoms with Gasteiger partial charge in [-0.1, -0.05) is 30.3 Å². The van der Waals surface area contributed by atoms with Crippen LogP contribution in [0.4, 0.5) is 4.39 Å². The van der Waals surface area contributed by atoms with Crippen molar-refractivity contribution in [2.24, 2.45) is 0 Å². The maximum atomic E-state index is 14.3. The quantitative estimate of drug-likeness (QED) is 0.676. The lowest BCUT2D eigenvalue weighted by atomic mass is 10.0. The molecule has 1 unspecified atom stereocenters. The van der Waals surface area contributed by atoms with Crippen molar-refractivity contribution in [3.8, 4) is 0 Å². The Kier molecular flexibility index (Phi) is 5.58. The average molecular weight is 441 g/mol. The molecule has 6 nitrogen and oxygen atoms in total. The van der Waals surface area contributed by atoms with Crippen LogP contribution in [0.5, 0.6) is 0 Å². The van der Waals surface area contributed by atoms with E-state index in [1.807, 2.05) is 34.9 Å². The number of benzene rings is 2. The van der Waals surface area contributed by atoms with Crippen molar-refractivity contribution in [2.75, 3.05) is 31.9 Å². The topological polar surface area (TPSA) is 61.3 Å². The molecule has 0 saturated carbocycles. The number of para-hydroxylation sites is 2. The summed E-state index contributed by atoms with van der Waals surface area (Å²) < 4.78 is 16.1. The van der Waals surface area contributed by atoms with Gasteiger partial charge in [0.15, 0.2) is 0 Å². The van der Waals surface area contributed by atoms with Crippen molar-refractivity contribution in [3.05, 3.63) is 70.4 Å². The number of nitrogens with zero attached hydrogens (tertiary/aromatic N) is 3. The molecule has 2 aliphatic rings. The number of hydrogen-bond acceptors (Lipinski definition) is 4. The van der Waals surface area contributed by atoms with E-state index in [0.29, 0.717) is 18.7 Å². The number of aromatic nitrogens is 2. The van der Waals surface area contributed by atoms with Crippen LogP contribution in [0.1, 0.15) is 29.8 Å². The Labute approximate surface area is 184 Å². The molecule has 0 radical (unpaired) electrons. The molecule has 2 saturated heterocycles. The first-order chi connectivity index (χ1) is 15.1. The zero-order valence-corrected chi connectivity index (χ0v) is 18.0. The summed E-state index contributed by atoms with van der Waals surface area (Å²) in [5.74, 6) is 0.599. The van der Waals surface area contributed by atoms with Crippen LogP contribution in [-0.4, -0.2) is 57.2 Å². The molecule has 0 spiro atoms. The van der Waals surface area contributed by atoms with E-state index in [2.05, 4.69) is 9.88 Å². The molecule has 5 rings (SSSR count). The number of H-pyrrole nitrogens is 1. The Morgan fingerprint density at radius 2 is 1.81 bits per heavy atom. The van der Waals surface area contributed by atoms with Crippen LogP contribution >= 0.6 is 11.8 Å². The van der Waals surface area contributed by atoms with Crippen molar-refractivity contribution < 1.29 is 9.18 Å². The largest absolute Gasteiger partial charge is 0.326 e. The zero-order valence-electron chi connectivity index (χ0n) is 17.2. The maximum Gasteiger partial charge on any atom is 0.326 e. The van der Waals surface area contributed by atoms with Crippen LogP contribution in [0.25, 0.3) is 11.0 Å². The van der Waals surface area contributed by atoms with Gasteiger partial charge in [0.1, 0.15) is 11.2 Å². The summed E-state index contributed by atoms with van der Waals surface area (Å²) >= 11 is 1.61. The highest BCUT2D eigenvalue weighted by Gasteiger charge is 2.33. The molecule has 1 atom stereocenters. The van der Waals surface area contributed by atoms with Gasteiger partial charge in [0, 0.05) is 37.0 Å². The van der Waals surface area contributed by atoms with Gasteiger partial charge in [-0.15, -0.1) is 11.8 Å². The van der Waals surface area contributed by atoms with Crippen LogP contribution < -0.4 is 5.69 Å². The Morgan fingerprint density at radius 3 is 2.61 bits per heavy atom. The van der Waals surface area contributed by atoms with Crippen molar-refractivity contribution >= 4 is 28.7 Å². The van der Waals surface area contributed by atoms with E-state index >= 15 is 0 Å². The minimum Gasteiger partial charge on any atom is -0.325 e. The van der Waals surface area contributed by atoms with Gasteiger partial charge in [0.25, 0.3) is 0 Å². The first-order valence-corrected chi connectivity index (χ1v) is 11.7. The summed E-state index contributed by atoms with van der Waals surface area (Å²) in [6.07, 6.45) is 1.64. The molecule has 1 N–H and O–H groups in total. The number of piperidine rings is 1. The van der Waals surface area contributed by atoms with Gasteiger partial charge in [-0.2, -0.15) is 0 Å². The fourth-order valence-electron chi connectivity index (χ4n) is 4.71. The van der Waals surface area contributed by atoms with Gasteiger partial charge in [-0.05, 0) is 31.0 Å². The number of rotatable bonds is 4. The molecule has 31 heavy (non-hydrogen) atoms. The second-order valence-electron chi connectivity index (χ2n) is 8.16. The van der Waals surface area contributed by atoms with Gasteiger partial charge in [-0.3, -0.25) is 14.3 Å². The lowest BCUT2D eigenvalue weighted by molar-refractivity contribution is -0.132. The number of imidazole rings is 1. The van der Waals surface area contributed by atoms with Crippen molar-refractivity contribution in [1.29, 1.82) is 0 Å². The minimum absolute atomic E-state index is 0.0426. The van der Waals surface area contributed by atoms with Gasteiger partial charge in [0.05, 0.1) is 17.6 Å².